The molecule has 0 saturated heterocycles. The van der Waals surface area contributed by atoms with Crippen LogP contribution in [0.3, 0.4) is 0 Å². The van der Waals surface area contributed by atoms with Gasteiger partial charge in [-0.3, -0.25) is 4.79 Å². The zero-order valence-electron chi connectivity index (χ0n) is 11.7. The number of H-pyrrole nitrogens is 1. The summed E-state index contributed by atoms with van der Waals surface area (Å²) in [6.45, 7) is 4.15. The number of aryl methyl sites for hydroxylation is 1. The van der Waals surface area contributed by atoms with Gasteiger partial charge in [-0.25, -0.2) is 4.98 Å². The van der Waals surface area contributed by atoms with Crippen LogP contribution in [-0.2, 0) is 6.42 Å². The van der Waals surface area contributed by atoms with Crippen LogP contribution in [0.25, 0.3) is 0 Å². The molecular weight excluding hydrogens is 270 g/mol. The lowest BCUT2D eigenvalue weighted by Crippen LogP contribution is -2.21. The highest BCUT2D eigenvalue weighted by molar-refractivity contribution is 7.99. The minimum atomic E-state index is -0.138. The Bertz CT molecular complexity index is 639. The van der Waals surface area contributed by atoms with Crippen LogP contribution in [-0.4, -0.2) is 16.0 Å². The van der Waals surface area contributed by atoms with Crippen molar-refractivity contribution in [2.24, 2.45) is 5.73 Å². The van der Waals surface area contributed by atoms with Crippen LogP contribution < -0.4 is 11.3 Å². The second-order valence-corrected chi connectivity index (χ2v) is 5.86. The lowest BCUT2D eigenvalue weighted by molar-refractivity contribution is 0.640. The van der Waals surface area contributed by atoms with Gasteiger partial charge in [0.2, 0.25) is 0 Å². The van der Waals surface area contributed by atoms with E-state index >= 15 is 0 Å². The zero-order valence-corrected chi connectivity index (χ0v) is 12.5. The third kappa shape index (κ3) is 3.95. The van der Waals surface area contributed by atoms with Crippen LogP contribution in [0.2, 0.25) is 0 Å². The number of nitrogens with one attached hydrogen (secondary N) is 1. The first-order valence-corrected chi connectivity index (χ1v) is 7.48. The van der Waals surface area contributed by atoms with Crippen LogP contribution >= 0.6 is 11.8 Å². The molecule has 2 rings (SSSR count). The van der Waals surface area contributed by atoms with Crippen LogP contribution in [0.1, 0.15) is 24.5 Å². The van der Waals surface area contributed by atoms with Crippen molar-refractivity contribution in [3.05, 3.63) is 51.9 Å². The Hall–Kier alpha value is -1.59. The van der Waals surface area contributed by atoms with Crippen LogP contribution in [0.15, 0.2) is 45.3 Å². The number of aromatic nitrogens is 2. The molecule has 0 bridgehead atoms. The molecule has 0 aliphatic carbocycles. The van der Waals surface area contributed by atoms with E-state index in [2.05, 4.69) is 42.0 Å². The minimum absolute atomic E-state index is 0.138. The minimum Gasteiger partial charge on any atom is -0.327 e. The van der Waals surface area contributed by atoms with E-state index in [1.807, 2.05) is 0 Å². The Kier molecular flexibility index (Phi) is 4.98. The molecule has 1 aromatic carbocycles. The molecule has 0 amide bonds. The normalized spacial score (nSPS) is 12.3. The van der Waals surface area contributed by atoms with Gasteiger partial charge in [0.1, 0.15) is 0 Å². The van der Waals surface area contributed by atoms with E-state index in [9.17, 15) is 4.79 Å². The molecule has 106 valence electrons. The maximum absolute atomic E-state index is 11.3. The highest BCUT2D eigenvalue weighted by atomic mass is 32.2. The predicted octanol–water partition coefficient (Wildman–Crippen LogP) is 2.51. The molecule has 1 heterocycles. The number of hydrogen-bond donors (Lipinski definition) is 2. The first kappa shape index (κ1) is 14.8. The van der Waals surface area contributed by atoms with Gasteiger partial charge in [-0.05, 0) is 31.4 Å². The van der Waals surface area contributed by atoms with Crippen molar-refractivity contribution < 1.29 is 0 Å². The van der Waals surface area contributed by atoms with Gasteiger partial charge < -0.3 is 10.7 Å². The van der Waals surface area contributed by atoms with Gasteiger partial charge in [0, 0.05) is 23.2 Å². The molecule has 1 unspecified atom stereocenters. The van der Waals surface area contributed by atoms with Crippen LogP contribution in [0, 0.1) is 6.92 Å². The summed E-state index contributed by atoms with van der Waals surface area (Å²) in [4.78, 5) is 19.3. The highest BCUT2D eigenvalue weighted by Gasteiger charge is 2.09. The Balaban J connectivity index is 2.28. The molecule has 0 aliphatic rings. The number of rotatable bonds is 5. The second-order valence-electron chi connectivity index (χ2n) is 4.82. The molecule has 0 aliphatic heterocycles. The maximum Gasteiger partial charge on any atom is 0.251 e. The van der Waals surface area contributed by atoms with Gasteiger partial charge in [-0.1, -0.05) is 36.4 Å². The van der Waals surface area contributed by atoms with Gasteiger partial charge in [0.05, 0.1) is 0 Å². The summed E-state index contributed by atoms with van der Waals surface area (Å²) in [5.74, 6) is 0. The van der Waals surface area contributed by atoms with Crippen molar-refractivity contribution in [3.8, 4) is 0 Å². The smallest absolute Gasteiger partial charge is 0.251 e. The van der Waals surface area contributed by atoms with Gasteiger partial charge in [-0.15, -0.1) is 0 Å². The SMILES string of the molecule is CCC(N)Cc1cc(C)ccc1Sc1nccc(=O)[nH]1. The predicted molar refractivity (Wildman–Crippen MR) is 82.1 cm³/mol. The molecule has 0 saturated carbocycles. The van der Waals surface area contributed by atoms with E-state index < -0.39 is 0 Å². The molecule has 20 heavy (non-hydrogen) atoms. The maximum atomic E-state index is 11.3. The van der Waals surface area contributed by atoms with E-state index in [1.165, 1.54) is 35.2 Å². The molecule has 1 atom stereocenters. The van der Waals surface area contributed by atoms with Crippen molar-refractivity contribution in [1.82, 2.24) is 9.97 Å². The summed E-state index contributed by atoms with van der Waals surface area (Å²) in [6, 6.07) is 7.83. The Morgan fingerprint density at radius 1 is 1.40 bits per heavy atom. The quantitative estimate of drug-likeness (QED) is 0.830. The molecule has 5 heteroatoms. The molecule has 0 fully saturated rings. The monoisotopic (exact) mass is 289 g/mol. The van der Waals surface area contributed by atoms with Crippen molar-refractivity contribution >= 4 is 11.8 Å². The van der Waals surface area contributed by atoms with E-state index in [-0.39, 0.29) is 11.6 Å². The van der Waals surface area contributed by atoms with Crippen molar-refractivity contribution in [2.45, 2.75) is 42.8 Å². The van der Waals surface area contributed by atoms with Gasteiger partial charge >= 0.3 is 0 Å². The highest BCUT2D eigenvalue weighted by Crippen LogP contribution is 2.29. The average Bonchev–Trinajstić information content (AvgIpc) is 2.42. The molecule has 0 spiro atoms. The third-order valence-corrected chi connectivity index (χ3v) is 4.10. The van der Waals surface area contributed by atoms with Crippen LogP contribution in [0.4, 0.5) is 0 Å². The Morgan fingerprint density at radius 2 is 2.20 bits per heavy atom. The molecule has 1 aromatic heterocycles. The standard InChI is InChI=1S/C15H19N3OS/c1-3-12(16)9-11-8-10(2)4-5-13(11)20-15-17-7-6-14(19)18-15/h4-8,12H,3,9,16H2,1-2H3,(H,17,18,19). The number of hydrogen-bond acceptors (Lipinski definition) is 4. The summed E-state index contributed by atoms with van der Waals surface area (Å²) in [7, 11) is 0. The van der Waals surface area contributed by atoms with Gasteiger partial charge in [0.25, 0.3) is 5.56 Å². The summed E-state index contributed by atoms with van der Waals surface area (Å²) < 4.78 is 0. The Labute approximate surface area is 122 Å². The number of nitrogens with zero attached hydrogens (tertiary/aromatic N) is 1. The van der Waals surface area contributed by atoms with Crippen molar-refractivity contribution in [2.75, 3.05) is 0 Å². The molecule has 4 nitrogen and oxygen atoms in total. The fraction of sp³-hybridized carbons (Fsp3) is 0.333. The largest absolute Gasteiger partial charge is 0.327 e. The summed E-state index contributed by atoms with van der Waals surface area (Å²) in [5.41, 5.74) is 8.34. The fourth-order valence-electron chi connectivity index (χ4n) is 1.90. The summed E-state index contributed by atoms with van der Waals surface area (Å²) in [6.07, 6.45) is 3.29. The van der Waals surface area contributed by atoms with E-state index in [0.717, 1.165) is 17.7 Å². The number of aromatic amines is 1. The molecule has 3 N–H and O–H groups in total. The van der Waals surface area contributed by atoms with E-state index in [0.29, 0.717) is 5.16 Å². The molecule has 2 aromatic rings. The first-order valence-electron chi connectivity index (χ1n) is 6.66. The van der Waals surface area contributed by atoms with Gasteiger partial charge in [-0.2, -0.15) is 0 Å². The first-order chi connectivity index (χ1) is 9.58. The van der Waals surface area contributed by atoms with E-state index in [4.69, 9.17) is 5.73 Å². The molecular formula is C15H19N3OS. The Morgan fingerprint density at radius 3 is 2.90 bits per heavy atom. The van der Waals surface area contributed by atoms with Gasteiger partial charge in [0.15, 0.2) is 5.16 Å². The second kappa shape index (κ2) is 6.72. The molecule has 0 radical (unpaired) electrons. The average molecular weight is 289 g/mol. The lowest BCUT2D eigenvalue weighted by Gasteiger charge is -2.13. The third-order valence-electron chi connectivity index (χ3n) is 3.08. The van der Waals surface area contributed by atoms with Crippen molar-refractivity contribution in [1.29, 1.82) is 0 Å². The summed E-state index contributed by atoms with van der Waals surface area (Å²) >= 11 is 1.47. The topological polar surface area (TPSA) is 71.8 Å². The van der Waals surface area contributed by atoms with E-state index in [1.54, 1.807) is 0 Å². The number of nitrogens with two attached hydrogens (primary N) is 1. The lowest BCUT2D eigenvalue weighted by atomic mass is 10.0. The fourth-order valence-corrected chi connectivity index (χ4v) is 2.79. The van der Waals surface area contributed by atoms with Crippen molar-refractivity contribution in [3.63, 3.8) is 0 Å². The summed E-state index contributed by atoms with van der Waals surface area (Å²) in [5, 5.41) is 0.604. The zero-order chi connectivity index (χ0) is 14.5. The number of benzene rings is 1. The van der Waals surface area contributed by atoms with Crippen LogP contribution in [0.5, 0.6) is 0 Å².